The van der Waals surface area contributed by atoms with Crippen molar-refractivity contribution in [2.45, 2.75) is 17.8 Å². The minimum Gasteiger partial charge on any atom is -0.491 e. The fourth-order valence-corrected chi connectivity index (χ4v) is 1.93. The van der Waals surface area contributed by atoms with Gasteiger partial charge in [-0.3, -0.25) is 4.98 Å². The van der Waals surface area contributed by atoms with E-state index in [4.69, 9.17) is 4.74 Å². The summed E-state index contributed by atoms with van der Waals surface area (Å²) < 4.78 is 40.9. The average Bonchev–Trinajstić information content (AvgIpc) is 2.24. The van der Waals surface area contributed by atoms with Gasteiger partial charge in [-0.15, -0.1) is 0 Å². The Morgan fingerprint density at radius 3 is 2.71 bits per heavy atom. The molecule has 17 heavy (non-hydrogen) atoms. The van der Waals surface area contributed by atoms with Crippen LogP contribution in [0.2, 0.25) is 0 Å². The molecule has 0 atom stereocenters. The highest BCUT2D eigenvalue weighted by atomic mass is 79.9. The maximum absolute atomic E-state index is 11.9. The molecule has 0 bridgehead atoms. The summed E-state index contributed by atoms with van der Waals surface area (Å²) in [6.45, 7) is 1.85. The molecule has 1 rings (SSSR count). The molecule has 0 amide bonds. The summed E-state index contributed by atoms with van der Waals surface area (Å²) in [7, 11) is 0. The molecule has 1 aromatic rings. The molecule has 0 N–H and O–H groups in total. The highest BCUT2D eigenvalue weighted by Crippen LogP contribution is 2.30. The largest absolute Gasteiger partial charge is 0.491 e. The lowest BCUT2D eigenvalue weighted by Crippen LogP contribution is -2.08. The summed E-state index contributed by atoms with van der Waals surface area (Å²) in [6, 6.07) is 3.48. The van der Waals surface area contributed by atoms with E-state index in [-0.39, 0.29) is 24.1 Å². The predicted molar refractivity (Wildman–Crippen MR) is 65.6 cm³/mol. The summed E-state index contributed by atoms with van der Waals surface area (Å²) >= 11 is 3.17. The first-order chi connectivity index (χ1) is 7.92. The van der Waals surface area contributed by atoms with Gasteiger partial charge in [-0.2, -0.15) is 13.2 Å². The number of ether oxygens (including phenoxy) is 1. The van der Waals surface area contributed by atoms with E-state index in [0.717, 1.165) is 5.69 Å². The number of nitrogens with zero attached hydrogens (tertiary/aromatic N) is 1. The lowest BCUT2D eigenvalue weighted by Gasteiger charge is -2.10. The minimum atomic E-state index is -4.20. The van der Waals surface area contributed by atoms with Gasteiger partial charge >= 0.3 is 5.51 Å². The topological polar surface area (TPSA) is 22.1 Å². The van der Waals surface area contributed by atoms with Gasteiger partial charge in [0, 0.05) is 16.8 Å². The molecular formula is C10H11BrF3NOS. The Bertz CT molecular complexity index is 373. The molecule has 0 fully saturated rings. The molecule has 2 nitrogen and oxygen atoms in total. The Labute approximate surface area is 110 Å². The van der Waals surface area contributed by atoms with Crippen LogP contribution in [-0.2, 0) is 5.33 Å². The van der Waals surface area contributed by atoms with E-state index in [0.29, 0.717) is 16.8 Å². The SMILES string of the molecule is Cc1ccc(OCCSC(F)(F)F)c(CBr)n1. The first kappa shape index (κ1) is 14.6. The maximum Gasteiger partial charge on any atom is 0.441 e. The minimum absolute atomic E-state index is 0.00885. The van der Waals surface area contributed by atoms with E-state index >= 15 is 0 Å². The van der Waals surface area contributed by atoms with E-state index in [9.17, 15) is 13.2 Å². The summed E-state index contributed by atoms with van der Waals surface area (Å²) in [5.41, 5.74) is -2.66. The number of thioether (sulfide) groups is 1. The molecule has 0 aromatic carbocycles. The lowest BCUT2D eigenvalue weighted by atomic mass is 10.3. The van der Waals surface area contributed by atoms with Crippen molar-refractivity contribution in [3.8, 4) is 5.75 Å². The molecule has 1 aromatic heterocycles. The molecule has 0 aliphatic heterocycles. The van der Waals surface area contributed by atoms with Gasteiger partial charge < -0.3 is 4.74 Å². The van der Waals surface area contributed by atoms with Gasteiger partial charge in [0.1, 0.15) is 5.75 Å². The Morgan fingerprint density at radius 1 is 1.41 bits per heavy atom. The van der Waals surface area contributed by atoms with Crippen LogP contribution in [0.4, 0.5) is 13.2 Å². The number of aromatic nitrogens is 1. The van der Waals surface area contributed by atoms with Crippen molar-refractivity contribution >= 4 is 27.7 Å². The molecular weight excluding hydrogens is 319 g/mol. The Kier molecular flexibility index (Phi) is 5.58. The smallest absolute Gasteiger partial charge is 0.441 e. The maximum atomic E-state index is 11.9. The second-order valence-electron chi connectivity index (χ2n) is 3.17. The number of rotatable bonds is 5. The van der Waals surface area contributed by atoms with E-state index in [1.54, 1.807) is 12.1 Å². The fourth-order valence-electron chi connectivity index (χ4n) is 1.13. The van der Waals surface area contributed by atoms with Gasteiger partial charge in [0.25, 0.3) is 0 Å². The normalized spacial score (nSPS) is 11.6. The second kappa shape index (κ2) is 6.49. The lowest BCUT2D eigenvalue weighted by molar-refractivity contribution is -0.0329. The van der Waals surface area contributed by atoms with Crippen molar-refractivity contribution in [3.05, 3.63) is 23.5 Å². The van der Waals surface area contributed by atoms with Crippen LogP contribution in [0.3, 0.4) is 0 Å². The first-order valence-electron chi connectivity index (χ1n) is 4.78. The number of halogens is 4. The third-order valence-electron chi connectivity index (χ3n) is 1.80. The van der Waals surface area contributed by atoms with Gasteiger partial charge in [-0.05, 0) is 30.8 Å². The monoisotopic (exact) mass is 329 g/mol. The molecule has 7 heteroatoms. The van der Waals surface area contributed by atoms with Crippen LogP contribution in [-0.4, -0.2) is 22.9 Å². The van der Waals surface area contributed by atoms with Crippen molar-refractivity contribution in [1.82, 2.24) is 4.98 Å². The van der Waals surface area contributed by atoms with Crippen LogP contribution in [0.1, 0.15) is 11.4 Å². The molecule has 0 unspecified atom stereocenters. The van der Waals surface area contributed by atoms with Crippen molar-refractivity contribution in [2.24, 2.45) is 0 Å². The van der Waals surface area contributed by atoms with Gasteiger partial charge in [0.2, 0.25) is 0 Å². The summed E-state index contributed by atoms with van der Waals surface area (Å²) in [5.74, 6) is 0.397. The standard InChI is InChI=1S/C10H11BrF3NOS/c1-7-2-3-9(8(6-11)15-7)16-4-5-17-10(12,13)14/h2-3H,4-6H2,1H3. The molecule has 96 valence electrons. The highest BCUT2D eigenvalue weighted by Gasteiger charge is 2.27. The predicted octanol–water partition coefficient (Wildman–Crippen LogP) is 3.92. The third-order valence-corrected chi connectivity index (χ3v) is 3.03. The summed E-state index contributed by atoms with van der Waals surface area (Å²) in [4.78, 5) is 4.22. The molecule has 0 saturated carbocycles. The average molecular weight is 330 g/mol. The van der Waals surface area contributed by atoms with Crippen molar-refractivity contribution < 1.29 is 17.9 Å². The number of hydrogen-bond acceptors (Lipinski definition) is 3. The van der Waals surface area contributed by atoms with Gasteiger partial charge in [0.15, 0.2) is 0 Å². The second-order valence-corrected chi connectivity index (χ2v) is 4.89. The Hall–Kier alpha value is -0.430. The van der Waals surface area contributed by atoms with Crippen LogP contribution in [0.5, 0.6) is 5.75 Å². The molecule has 1 heterocycles. The molecule has 0 radical (unpaired) electrons. The quantitative estimate of drug-likeness (QED) is 0.604. The van der Waals surface area contributed by atoms with E-state index in [1.165, 1.54) is 0 Å². The van der Waals surface area contributed by atoms with Crippen molar-refractivity contribution in [3.63, 3.8) is 0 Å². The van der Waals surface area contributed by atoms with Crippen LogP contribution in [0, 0.1) is 6.92 Å². The van der Waals surface area contributed by atoms with Crippen LogP contribution >= 0.6 is 27.7 Å². The first-order valence-corrected chi connectivity index (χ1v) is 6.89. The molecule has 0 saturated heterocycles. The van der Waals surface area contributed by atoms with Gasteiger partial charge in [-0.1, -0.05) is 15.9 Å². The number of alkyl halides is 4. The number of aryl methyl sites for hydroxylation is 1. The van der Waals surface area contributed by atoms with E-state index < -0.39 is 5.51 Å². The molecule has 0 spiro atoms. The molecule has 0 aliphatic carbocycles. The molecule has 0 aliphatic rings. The van der Waals surface area contributed by atoms with E-state index in [2.05, 4.69) is 20.9 Å². The van der Waals surface area contributed by atoms with Gasteiger partial charge in [0.05, 0.1) is 12.3 Å². The van der Waals surface area contributed by atoms with Gasteiger partial charge in [-0.25, -0.2) is 0 Å². The van der Waals surface area contributed by atoms with Crippen molar-refractivity contribution in [2.75, 3.05) is 12.4 Å². The van der Waals surface area contributed by atoms with Crippen LogP contribution in [0.15, 0.2) is 12.1 Å². The Balaban J connectivity index is 2.46. The van der Waals surface area contributed by atoms with Crippen molar-refractivity contribution in [1.29, 1.82) is 0 Å². The zero-order valence-corrected chi connectivity index (χ0v) is 11.5. The highest BCUT2D eigenvalue weighted by molar-refractivity contribution is 9.08. The zero-order valence-electron chi connectivity index (χ0n) is 9.05. The third kappa shape index (κ3) is 5.63. The fraction of sp³-hybridized carbons (Fsp3) is 0.500. The number of hydrogen-bond donors (Lipinski definition) is 0. The number of pyridine rings is 1. The Morgan fingerprint density at radius 2 is 2.12 bits per heavy atom. The zero-order chi connectivity index (χ0) is 12.9. The van der Waals surface area contributed by atoms with Crippen LogP contribution in [0.25, 0.3) is 0 Å². The summed E-state index contributed by atoms with van der Waals surface area (Å²) in [5, 5.41) is 0.510. The summed E-state index contributed by atoms with van der Waals surface area (Å²) in [6.07, 6.45) is 0. The van der Waals surface area contributed by atoms with E-state index in [1.807, 2.05) is 6.92 Å². The van der Waals surface area contributed by atoms with Crippen LogP contribution < -0.4 is 4.74 Å².